The number of ether oxygens (including phenoxy) is 1. The summed E-state index contributed by atoms with van der Waals surface area (Å²) in [4.78, 5) is 21.3. The second-order valence-corrected chi connectivity index (χ2v) is 3.45. The number of carbonyl (C=O) groups is 1. The summed E-state index contributed by atoms with van der Waals surface area (Å²) in [5.74, 6) is -0.493. The van der Waals surface area contributed by atoms with Gasteiger partial charge in [0, 0.05) is 16.7 Å². The van der Waals surface area contributed by atoms with Crippen molar-refractivity contribution in [2.45, 2.75) is 13.3 Å². The Bertz CT molecular complexity index is 419. The highest BCUT2D eigenvalue weighted by molar-refractivity contribution is 6.30. The van der Waals surface area contributed by atoms with Gasteiger partial charge >= 0.3 is 5.97 Å². The second kappa shape index (κ2) is 5.46. The van der Waals surface area contributed by atoms with Crippen molar-refractivity contribution in [1.82, 2.24) is 0 Å². The molecule has 0 heterocycles. The third-order valence-corrected chi connectivity index (χ3v) is 2.12. The average Bonchev–Trinajstić information content (AvgIpc) is 2.20. The first-order valence-corrected chi connectivity index (χ1v) is 5.00. The van der Waals surface area contributed by atoms with E-state index in [1.54, 1.807) is 6.92 Å². The maximum Gasteiger partial charge on any atom is 0.310 e. The molecule has 1 rings (SSSR count). The molecule has 0 aliphatic heterocycles. The van der Waals surface area contributed by atoms with Crippen LogP contribution < -0.4 is 0 Å². The molecule has 0 fully saturated rings. The van der Waals surface area contributed by atoms with Gasteiger partial charge in [0.05, 0.1) is 18.0 Å². The minimum absolute atomic E-state index is 0.124. The number of nitro groups is 1. The second-order valence-electron chi connectivity index (χ2n) is 3.01. The minimum atomic E-state index is -0.569. The molecule has 6 heteroatoms. The van der Waals surface area contributed by atoms with Gasteiger partial charge in [-0.15, -0.1) is 0 Å². The van der Waals surface area contributed by atoms with Gasteiger partial charge in [0.25, 0.3) is 5.69 Å². The highest BCUT2D eigenvalue weighted by Gasteiger charge is 2.17. The Morgan fingerprint density at radius 3 is 2.81 bits per heavy atom. The molecule has 16 heavy (non-hydrogen) atoms. The van der Waals surface area contributed by atoms with Gasteiger partial charge in [-0.3, -0.25) is 14.9 Å². The summed E-state index contributed by atoms with van der Waals surface area (Å²) in [6.45, 7) is 1.92. The normalized spacial score (nSPS) is 9.88. The van der Waals surface area contributed by atoms with E-state index >= 15 is 0 Å². The Hall–Kier alpha value is -1.62. The Morgan fingerprint density at radius 2 is 2.25 bits per heavy atom. The van der Waals surface area contributed by atoms with E-state index in [1.807, 2.05) is 0 Å². The van der Waals surface area contributed by atoms with Gasteiger partial charge < -0.3 is 4.74 Å². The van der Waals surface area contributed by atoms with Gasteiger partial charge in [0.1, 0.15) is 0 Å². The Labute approximate surface area is 97.1 Å². The zero-order chi connectivity index (χ0) is 12.1. The standard InChI is InChI=1S/C10H10ClNO4/c1-2-16-10(13)5-7-3-4-8(11)6-9(7)12(14)15/h3-4,6H,2,5H2,1H3. The molecule has 0 aliphatic carbocycles. The molecule has 0 amide bonds. The third-order valence-electron chi connectivity index (χ3n) is 1.88. The summed E-state index contributed by atoms with van der Waals surface area (Å²) in [7, 11) is 0. The van der Waals surface area contributed by atoms with Crippen LogP contribution in [0.5, 0.6) is 0 Å². The molecule has 0 N–H and O–H groups in total. The number of nitro benzene ring substituents is 1. The van der Waals surface area contributed by atoms with Crippen LogP contribution >= 0.6 is 11.6 Å². The van der Waals surface area contributed by atoms with Crippen LogP contribution in [0.4, 0.5) is 5.69 Å². The van der Waals surface area contributed by atoms with E-state index in [-0.39, 0.29) is 23.7 Å². The molecule has 1 aromatic rings. The number of nitrogens with zero attached hydrogens (tertiary/aromatic N) is 1. The lowest BCUT2D eigenvalue weighted by Crippen LogP contribution is -2.09. The number of hydrogen-bond acceptors (Lipinski definition) is 4. The summed E-state index contributed by atoms with van der Waals surface area (Å²) in [5.41, 5.74) is 0.133. The number of esters is 1. The van der Waals surface area contributed by atoms with E-state index in [0.29, 0.717) is 5.56 Å². The summed E-state index contributed by atoms with van der Waals surface area (Å²) in [6, 6.07) is 4.18. The van der Waals surface area contributed by atoms with Crippen molar-refractivity contribution < 1.29 is 14.5 Å². The largest absolute Gasteiger partial charge is 0.466 e. The predicted molar refractivity (Wildman–Crippen MR) is 58.4 cm³/mol. The van der Waals surface area contributed by atoms with Crippen molar-refractivity contribution in [3.63, 3.8) is 0 Å². The zero-order valence-electron chi connectivity index (χ0n) is 8.60. The van der Waals surface area contributed by atoms with E-state index in [0.717, 1.165) is 0 Å². The van der Waals surface area contributed by atoms with Crippen LogP contribution in [-0.2, 0) is 16.0 Å². The molecule has 0 unspecified atom stereocenters. The van der Waals surface area contributed by atoms with Crippen molar-refractivity contribution in [3.05, 3.63) is 38.9 Å². The molecule has 1 aromatic carbocycles. The van der Waals surface area contributed by atoms with E-state index in [2.05, 4.69) is 0 Å². The first-order chi connectivity index (χ1) is 7.54. The summed E-state index contributed by atoms with van der Waals surface area (Å²) >= 11 is 5.64. The zero-order valence-corrected chi connectivity index (χ0v) is 9.36. The molecule has 0 aliphatic rings. The van der Waals surface area contributed by atoms with E-state index in [9.17, 15) is 14.9 Å². The monoisotopic (exact) mass is 243 g/mol. The molecule has 86 valence electrons. The first-order valence-electron chi connectivity index (χ1n) is 4.63. The van der Waals surface area contributed by atoms with Crippen molar-refractivity contribution >= 4 is 23.3 Å². The Balaban J connectivity index is 2.95. The molecule has 0 bridgehead atoms. The van der Waals surface area contributed by atoms with Gasteiger partial charge in [-0.1, -0.05) is 17.7 Å². The summed E-state index contributed by atoms with van der Waals surface area (Å²) in [6.07, 6.45) is -0.124. The topological polar surface area (TPSA) is 69.4 Å². The number of benzene rings is 1. The molecule has 5 nitrogen and oxygen atoms in total. The Kier molecular flexibility index (Phi) is 4.25. The van der Waals surface area contributed by atoms with Crippen molar-refractivity contribution in [2.24, 2.45) is 0 Å². The Morgan fingerprint density at radius 1 is 1.56 bits per heavy atom. The van der Waals surface area contributed by atoms with Crippen molar-refractivity contribution in [1.29, 1.82) is 0 Å². The lowest BCUT2D eigenvalue weighted by atomic mass is 10.1. The molecule has 0 atom stereocenters. The van der Waals surface area contributed by atoms with Crippen LogP contribution in [0.15, 0.2) is 18.2 Å². The molecule has 0 saturated heterocycles. The van der Waals surface area contributed by atoms with Crippen molar-refractivity contribution in [2.75, 3.05) is 6.61 Å². The minimum Gasteiger partial charge on any atom is -0.466 e. The SMILES string of the molecule is CCOC(=O)Cc1ccc(Cl)cc1[N+](=O)[O-]. The number of halogens is 1. The van der Waals surface area contributed by atoms with Crippen LogP contribution in [0, 0.1) is 10.1 Å². The molecular weight excluding hydrogens is 234 g/mol. The number of hydrogen-bond donors (Lipinski definition) is 0. The molecule has 0 saturated carbocycles. The third kappa shape index (κ3) is 3.20. The molecule has 0 aromatic heterocycles. The molecule has 0 radical (unpaired) electrons. The predicted octanol–water partition coefficient (Wildman–Crippen LogP) is 2.35. The van der Waals surface area contributed by atoms with Crippen molar-refractivity contribution in [3.8, 4) is 0 Å². The van der Waals surface area contributed by atoms with Crippen LogP contribution in [0.1, 0.15) is 12.5 Å². The van der Waals surface area contributed by atoms with Gasteiger partial charge in [-0.05, 0) is 13.0 Å². The van der Waals surface area contributed by atoms with Gasteiger partial charge in [-0.2, -0.15) is 0 Å². The molecule has 0 spiro atoms. The van der Waals surface area contributed by atoms with Crippen LogP contribution in [-0.4, -0.2) is 17.5 Å². The fourth-order valence-electron chi connectivity index (χ4n) is 1.22. The lowest BCUT2D eigenvalue weighted by Gasteiger charge is -2.03. The van der Waals surface area contributed by atoms with Crippen LogP contribution in [0.2, 0.25) is 5.02 Å². The molecular formula is C10H10ClNO4. The van der Waals surface area contributed by atoms with E-state index in [1.165, 1.54) is 18.2 Å². The maximum absolute atomic E-state index is 11.2. The highest BCUT2D eigenvalue weighted by Crippen LogP contribution is 2.23. The van der Waals surface area contributed by atoms with Gasteiger partial charge in [-0.25, -0.2) is 0 Å². The fourth-order valence-corrected chi connectivity index (χ4v) is 1.39. The highest BCUT2D eigenvalue weighted by atomic mass is 35.5. The van der Waals surface area contributed by atoms with E-state index in [4.69, 9.17) is 16.3 Å². The quantitative estimate of drug-likeness (QED) is 0.462. The maximum atomic E-state index is 11.2. The van der Waals surface area contributed by atoms with Crippen LogP contribution in [0.3, 0.4) is 0 Å². The van der Waals surface area contributed by atoms with Gasteiger partial charge in [0.15, 0.2) is 0 Å². The van der Waals surface area contributed by atoms with Gasteiger partial charge in [0.2, 0.25) is 0 Å². The smallest absolute Gasteiger partial charge is 0.310 e. The van der Waals surface area contributed by atoms with Crippen LogP contribution in [0.25, 0.3) is 0 Å². The first kappa shape index (κ1) is 12.4. The van der Waals surface area contributed by atoms with E-state index < -0.39 is 10.9 Å². The number of rotatable bonds is 4. The number of carbonyl (C=O) groups excluding carboxylic acids is 1. The average molecular weight is 244 g/mol. The summed E-state index contributed by atoms with van der Waals surface area (Å²) < 4.78 is 4.72. The lowest BCUT2D eigenvalue weighted by molar-refractivity contribution is -0.385. The fraction of sp³-hybridized carbons (Fsp3) is 0.300. The summed E-state index contributed by atoms with van der Waals surface area (Å²) in [5, 5.41) is 11.0.